The van der Waals surface area contributed by atoms with E-state index in [0.29, 0.717) is 36.7 Å². The second kappa shape index (κ2) is 8.49. The summed E-state index contributed by atoms with van der Waals surface area (Å²) in [5.41, 5.74) is 6.83. The van der Waals surface area contributed by atoms with Gasteiger partial charge in [0.05, 0.1) is 6.61 Å². The maximum Gasteiger partial charge on any atom is 0.253 e. The molecule has 0 fully saturated rings. The smallest absolute Gasteiger partial charge is 0.253 e. The van der Waals surface area contributed by atoms with Gasteiger partial charge in [-0.3, -0.25) is 4.79 Å². The van der Waals surface area contributed by atoms with Crippen molar-refractivity contribution < 1.29 is 14.7 Å². The first kappa shape index (κ1) is 17.3. The van der Waals surface area contributed by atoms with Gasteiger partial charge in [0.1, 0.15) is 5.84 Å². The molecular weight excluding hydrogens is 294 g/mol. The molecule has 0 aliphatic carbocycles. The van der Waals surface area contributed by atoms with Gasteiger partial charge in [-0.25, -0.2) is 0 Å². The Morgan fingerprint density at radius 2 is 2.19 bits per heavy atom. The molecule has 0 radical (unpaired) electrons. The molecule has 1 aromatic rings. The Labute approximate surface area is 129 Å². The summed E-state index contributed by atoms with van der Waals surface area (Å²) in [5.74, 6) is -0.0601. The van der Waals surface area contributed by atoms with Crippen molar-refractivity contribution in [3.8, 4) is 0 Å². The SMILES string of the molecule is COCCN(CC/C(N)=N/O)C(=O)c1ccc(Cl)c(C)c1. The number of oxime groups is 1. The van der Waals surface area contributed by atoms with Crippen molar-refractivity contribution >= 4 is 23.3 Å². The lowest BCUT2D eigenvalue weighted by Crippen LogP contribution is -2.36. The minimum atomic E-state index is -0.141. The average Bonchev–Trinajstić information content (AvgIpc) is 2.49. The van der Waals surface area contributed by atoms with Crippen LogP contribution in [0.15, 0.2) is 23.4 Å². The molecule has 0 bridgehead atoms. The van der Waals surface area contributed by atoms with Gasteiger partial charge in [-0.1, -0.05) is 16.8 Å². The van der Waals surface area contributed by atoms with Crippen LogP contribution < -0.4 is 5.73 Å². The van der Waals surface area contributed by atoms with E-state index in [1.54, 1.807) is 30.2 Å². The summed E-state index contributed by atoms with van der Waals surface area (Å²) in [7, 11) is 1.57. The predicted octanol–water partition coefficient (Wildman–Crippen LogP) is 1.87. The van der Waals surface area contributed by atoms with Crippen molar-refractivity contribution in [2.24, 2.45) is 10.9 Å². The van der Waals surface area contributed by atoms with E-state index in [0.717, 1.165) is 5.56 Å². The van der Waals surface area contributed by atoms with Crippen LogP contribution in [0.3, 0.4) is 0 Å². The van der Waals surface area contributed by atoms with Gasteiger partial charge in [-0.2, -0.15) is 0 Å². The third kappa shape index (κ3) is 5.24. The Hall–Kier alpha value is -1.79. The summed E-state index contributed by atoms with van der Waals surface area (Å²) in [6.07, 6.45) is 0.290. The number of nitrogens with two attached hydrogens (primary N) is 1. The summed E-state index contributed by atoms with van der Waals surface area (Å²) in [6.45, 7) is 3.03. The van der Waals surface area contributed by atoms with Crippen LogP contribution in [0.1, 0.15) is 22.3 Å². The Balaban J connectivity index is 2.84. The number of hydrogen-bond acceptors (Lipinski definition) is 4. The molecule has 0 heterocycles. The van der Waals surface area contributed by atoms with Crippen molar-refractivity contribution in [3.05, 3.63) is 34.3 Å². The maximum absolute atomic E-state index is 12.5. The highest BCUT2D eigenvalue weighted by atomic mass is 35.5. The molecule has 0 spiro atoms. The fourth-order valence-electron chi connectivity index (χ4n) is 1.78. The molecule has 21 heavy (non-hydrogen) atoms. The number of carbonyl (C=O) groups is 1. The Bertz CT molecular complexity index is 520. The fourth-order valence-corrected chi connectivity index (χ4v) is 1.89. The van der Waals surface area contributed by atoms with Crippen LogP contribution in [0.4, 0.5) is 0 Å². The number of hydrogen-bond donors (Lipinski definition) is 2. The van der Waals surface area contributed by atoms with Crippen LogP contribution >= 0.6 is 11.6 Å². The zero-order valence-corrected chi connectivity index (χ0v) is 12.9. The summed E-state index contributed by atoms with van der Waals surface area (Å²) < 4.78 is 5.01. The minimum absolute atomic E-state index is 0.0810. The van der Waals surface area contributed by atoms with Gasteiger partial charge in [0.15, 0.2) is 0 Å². The number of methoxy groups -OCH3 is 1. The number of aryl methyl sites for hydroxylation is 1. The molecule has 0 unspecified atom stereocenters. The van der Waals surface area contributed by atoms with E-state index in [-0.39, 0.29) is 11.7 Å². The van der Waals surface area contributed by atoms with E-state index in [1.807, 2.05) is 6.92 Å². The van der Waals surface area contributed by atoms with E-state index in [9.17, 15) is 4.79 Å². The molecule has 7 heteroatoms. The number of amides is 1. The standard InChI is InChI=1S/C14H20ClN3O3/c1-10-9-11(3-4-12(10)15)14(19)18(7-8-21-2)6-5-13(16)17-20/h3-4,9,20H,5-8H2,1-2H3,(H2,16,17). The minimum Gasteiger partial charge on any atom is -0.409 e. The van der Waals surface area contributed by atoms with Gasteiger partial charge in [0, 0.05) is 37.2 Å². The molecule has 3 N–H and O–H groups in total. The van der Waals surface area contributed by atoms with Crippen molar-refractivity contribution in [2.45, 2.75) is 13.3 Å². The first-order chi connectivity index (χ1) is 9.99. The van der Waals surface area contributed by atoms with E-state index in [1.165, 1.54) is 0 Å². The van der Waals surface area contributed by atoms with Crippen molar-refractivity contribution in [1.82, 2.24) is 4.90 Å². The number of amidine groups is 1. The molecule has 1 rings (SSSR count). The Kier molecular flexibility index (Phi) is 6.98. The summed E-state index contributed by atoms with van der Waals surface area (Å²) in [6, 6.07) is 5.12. The van der Waals surface area contributed by atoms with Gasteiger partial charge in [-0.15, -0.1) is 0 Å². The number of nitrogens with zero attached hydrogens (tertiary/aromatic N) is 2. The summed E-state index contributed by atoms with van der Waals surface area (Å²) >= 11 is 5.97. The van der Waals surface area contributed by atoms with Crippen LogP contribution in [0.5, 0.6) is 0 Å². The summed E-state index contributed by atoms with van der Waals surface area (Å²) in [5, 5.41) is 12.1. The summed E-state index contributed by atoms with van der Waals surface area (Å²) in [4.78, 5) is 14.1. The van der Waals surface area contributed by atoms with Crippen LogP contribution in [0.25, 0.3) is 0 Å². The number of halogens is 1. The fraction of sp³-hybridized carbons (Fsp3) is 0.429. The lowest BCUT2D eigenvalue weighted by Gasteiger charge is -2.22. The van der Waals surface area contributed by atoms with Crippen LogP contribution in [0, 0.1) is 6.92 Å². The lowest BCUT2D eigenvalue weighted by molar-refractivity contribution is 0.0700. The van der Waals surface area contributed by atoms with Crippen LogP contribution in [0.2, 0.25) is 5.02 Å². The van der Waals surface area contributed by atoms with Gasteiger partial charge in [0.25, 0.3) is 5.91 Å². The molecule has 0 saturated carbocycles. The highest BCUT2D eigenvalue weighted by molar-refractivity contribution is 6.31. The predicted molar refractivity (Wildman–Crippen MR) is 82.0 cm³/mol. The molecule has 0 aliphatic rings. The Morgan fingerprint density at radius 1 is 1.48 bits per heavy atom. The molecule has 0 aromatic heterocycles. The van der Waals surface area contributed by atoms with Crippen molar-refractivity contribution in [1.29, 1.82) is 0 Å². The zero-order valence-electron chi connectivity index (χ0n) is 12.2. The second-order valence-corrected chi connectivity index (χ2v) is 5.00. The normalized spacial score (nSPS) is 11.5. The first-order valence-corrected chi connectivity index (χ1v) is 6.88. The van der Waals surface area contributed by atoms with Crippen molar-refractivity contribution in [2.75, 3.05) is 26.8 Å². The van der Waals surface area contributed by atoms with E-state index < -0.39 is 0 Å². The van der Waals surface area contributed by atoms with Gasteiger partial charge in [0.2, 0.25) is 0 Å². The third-order valence-corrected chi connectivity index (χ3v) is 3.45. The van der Waals surface area contributed by atoms with Gasteiger partial charge < -0.3 is 20.6 Å². The van der Waals surface area contributed by atoms with E-state index in [2.05, 4.69) is 5.16 Å². The second-order valence-electron chi connectivity index (χ2n) is 4.59. The quantitative estimate of drug-likeness (QED) is 0.348. The Morgan fingerprint density at radius 3 is 2.76 bits per heavy atom. The van der Waals surface area contributed by atoms with Crippen LogP contribution in [-0.2, 0) is 4.74 Å². The molecule has 0 atom stereocenters. The van der Waals surface area contributed by atoms with E-state index in [4.69, 9.17) is 27.3 Å². The van der Waals surface area contributed by atoms with E-state index >= 15 is 0 Å². The number of rotatable bonds is 7. The van der Waals surface area contributed by atoms with Gasteiger partial charge in [-0.05, 0) is 30.7 Å². The van der Waals surface area contributed by atoms with Crippen LogP contribution in [-0.4, -0.2) is 48.7 Å². The molecule has 0 aliphatic heterocycles. The third-order valence-electron chi connectivity index (χ3n) is 3.02. The van der Waals surface area contributed by atoms with Crippen molar-refractivity contribution in [3.63, 3.8) is 0 Å². The number of carbonyl (C=O) groups excluding carboxylic acids is 1. The number of ether oxygens (including phenoxy) is 1. The maximum atomic E-state index is 12.5. The highest BCUT2D eigenvalue weighted by Gasteiger charge is 2.16. The molecule has 6 nitrogen and oxygen atoms in total. The van der Waals surface area contributed by atoms with Gasteiger partial charge >= 0.3 is 0 Å². The topological polar surface area (TPSA) is 88.2 Å². The molecule has 1 aromatic carbocycles. The highest BCUT2D eigenvalue weighted by Crippen LogP contribution is 2.17. The first-order valence-electron chi connectivity index (χ1n) is 6.50. The lowest BCUT2D eigenvalue weighted by atomic mass is 10.1. The molecule has 1 amide bonds. The average molecular weight is 314 g/mol. The molecular formula is C14H20ClN3O3. The molecule has 116 valence electrons. The monoisotopic (exact) mass is 313 g/mol. The zero-order chi connectivity index (χ0) is 15.8. The molecule has 0 saturated heterocycles. The largest absolute Gasteiger partial charge is 0.409 e. The number of benzene rings is 1.